The third-order valence-electron chi connectivity index (χ3n) is 4.25. The molecule has 0 aromatic heterocycles. The van der Waals surface area contributed by atoms with Gasteiger partial charge in [0.2, 0.25) is 5.91 Å². The second-order valence-corrected chi connectivity index (χ2v) is 6.82. The fraction of sp³-hybridized carbons (Fsp3) is 0.562. The van der Waals surface area contributed by atoms with E-state index in [1.54, 1.807) is 0 Å². The van der Waals surface area contributed by atoms with Crippen molar-refractivity contribution in [2.45, 2.75) is 42.9 Å². The van der Waals surface area contributed by atoms with E-state index in [0.717, 1.165) is 23.0 Å². The van der Waals surface area contributed by atoms with Crippen molar-refractivity contribution in [2.75, 3.05) is 12.8 Å². The molecule has 1 fully saturated rings. The van der Waals surface area contributed by atoms with Gasteiger partial charge in [0.05, 0.1) is 0 Å². The molecule has 1 atom stereocenters. The summed E-state index contributed by atoms with van der Waals surface area (Å²) in [6, 6.07) is 9.81. The van der Waals surface area contributed by atoms with Gasteiger partial charge in [0, 0.05) is 5.25 Å². The second-order valence-electron chi connectivity index (χ2n) is 5.41. The van der Waals surface area contributed by atoms with E-state index in [1.807, 2.05) is 49.1 Å². The topological polar surface area (TPSA) is 55.1 Å². The summed E-state index contributed by atoms with van der Waals surface area (Å²) in [5.41, 5.74) is 5.91. The van der Waals surface area contributed by atoms with Gasteiger partial charge in [-0.05, 0) is 37.6 Å². The van der Waals surface area contributed by atoms with Gasteiger partial charge in [0.1, 0.15) is 5.54 Å². The largest absolute Gasteiger partial charge is 0.368 e. The van der Waals surface area contributed by atoms with Crippen LogP contribution < -0.4 is 11.1 Å². The molecule has 0 radical (unpaired) electrons. The Balaban J connectivity index is 2.05. The number of nitrogens with two attached hydrogens (primary N) is 1. The van der Waals surface area contributed by atoms with E-state index < -0.39 is 5.54 Å². The number of nitrogens with one attached hydrogen (secondary N) is 1. The van der Waals surface area contributed by atoms with Crippen LogP contribution in [0.15, 0.2) is 30.3 Å². The van der Waals surface area contributed by atoms with Crippen LogP contribution in [0.2, 0.25) is 0 Å². The molecular formula is C16H24N2OS. The maximum atomic E-state index is 12.0. The van der Waals surface area contributed by atoms with Gasteiger partial charge < -0.3 is 11.1 Å². The smallest absolute Gasteiger partial charge is 0.242 e. The summed E-state index contributed by atoms with van der Waals surface area (Å²) in [7, 11) is 1.82. The van der Waals surface area contributed by atoms with E-state index in [1.165, 1.54) is 25.7 Å². The number of carbonyl (C=O) groups excluding carboxylic acids is 1. The molecule has 0 aliphatic heterocycles. The molecule has 4 heteroatoms. The number of rotatable bonds is 7. The maximum absolute atomic E-state index is 12.0. The number of hydrogen-bond acceptors (Lipinski definition) is 3. The minimum absolute atomic E-state index is 0.293. The van der Waals surface area contributed by atoms with Gasteiger partial charge in [-0.2, -0.15) is 11.8 Å². The van der Waals surface area contributed by atoms with Crippen molar-refractivity contribution in [1.82, 2.24) is 5.32 Å². The van der Waals surface area contributed by atoms with Crippen molar-refractivity contribution in [3.8, 4) is 0 Å². The first-order valence-corrected chi connectivity index (χ1v) is 8.40. The van der Waals surface area contributed by atoms with Crippen molar-refractivity contribution in [1.29, 1.82) is 0 Å². The summed E-state index contributed by atoms with van der Waals surface area (Å²) in [4.78, 5) is 12.0. The first-order chi connectivity index (χ1) is 9.69. The van der Waals surface area contributed by atoms with Gasteiger partial charge in [0.15, 0.2) is 0 Å². The molecular weight excluding hydrogens is 268 g/mol. The predicted molar refractivity (Wildman–Crippen MR) is 85.7 cm³/mol. The summed E-state index contributed by atoms with van der Waals surface area (Å²) in [5, 5.41) is 3.94. The lowest BCUT2D eigenvalue weighted by Gasteiger charge is -2.31. The average molecular weight is 292 g/mol. The lowest BCUT2D eigenvalue weighted by atomic mass is 9.86. The molecule has 20 heavy (non-hydrogen) atoms. The Morgan fingerprint density at radius 1 is 1.35 bits per heavy atom. The Kier molecular flexibility index (Phi) is 5.49. The lowest BCUT2D eigenvalue weighted by Crippen LogP contribution is -2.51. The third kappa shape index (κ3) is 3.36. The van der Waals surface area contributed by atoms with Crippen LogP contribution in [0.5, 0.6) is 0 Å². The SMILES string of the molecule is CNC(CCSC1CCCC1)(C(N)=O)c1ccccc1. The van der Waals surface area contributed by atoms with Crippen molar-refractivity contribution in [3.05, 3.63) is 35.9 Å². The van der Waals surface area contributed by atoms with Crippen LogP contribution in [-0.2, 0) is 10.3 Å². The van der Waals surface area contributed by atoms with Crippen LogP contribution in [0, 0.1) is 0 Å². The van der Waals surface area contributed by atoms with Crippen LogP contribution in [0.4, 0.5) is 0 Å². The molecule has 0 bridgehead atoms. The molecule has 1 aromatic rings. The fourth-order valence-electron chi connectivity index (χ4n) is 2.96. The summed E-state index contributed by atoms with van der Waals surface area (Å²) in [6.07, 6.45) is 6.08. The van der Waals surface area contributed by atoms with Crippen molar-refractivity contribution < 1.29 is 4.79 Å². The maximum Gasteiger partial charge on any atom is 0.242 e. The highest BCUT2D eigenvalue weighted by atomic mass is 32.2. The Morgan fingerprint density at radius 2 is 2.00 bits per heavy atom. The second kappa shape index (κ2) is 7.14. The number of likely N-dealkylation sites (N-methyl/N-ethyl adjacent to an activating group) is 1. The first-order valence-electron chi connectivity index (χ1n) is 7.35. The molecule has 110 valence electrons. The molecule has 3 nitrogen and oxygen atoms in total. The zero-order valence-corrected chi connectivity index (χ0v) is 12.9. The molecule has 1 aliphatic carbocycles. The third-order valence-corrected chi connectivity index (χ3v) is 5.63. The standard InChI is InChI=1S/C16H24N2OS/c1-18-16(15(17)19,13-7-3-2-4-8-13)11-12-20-14-9-5-6-10-14/h2-4,7-8,14,18H,5-6,9-12H2,1H3,(H2,17,19). The molecule has 2 rings (SSSR count). The van der Waals surface area contributed by atoms with Gasteiger partial charge in [-0.1, -0.05) is 43.2 Å². The predicted octanol–water partition coefficient (Wildman–Crippen LogP) is 2.65. The van der Waals surface area contributed by atoms with Crippen LogP contribution in [0.1, 0.15) is 37.7 Å². The molecule has 1 aromatic carbocycles. The van der Waals surface area contributed by atoms with Crippen LogP contribution >= 0.6 is 11.8 Å². The minimum atomic E-state index is -0.743. The quantitative estimate of drug-likeness (QED) is 0.812. The number of amides is 1. The van der Waals surface area contributed by atoms with Crippen LogP contribution in [0.25, 0.3) is 0 Å². The Labute approximate surface area is 125 Å². The van der Waals surface area contributed by atoms with Gasteiger partial charge in [-0.15, -0.1) is 0 Å². The molecule has 0 spiro atoms. The number of carbonyl (C=O) groups is 1. The normalized spacial score (nSPS) is 18.9. The van der Waals surface area contributed by atoms with E-state index in [0.29, 0.717) is 0 Å². The highest BCUT2D eigenvalue weighted by Gasteiger charge is 2.36. The average Bonchev–Trinajstić information content (AvgIpc) is 2.97. The van der Waals surface area contributed by atoms with Gasteiger partial charge in [-0.3, -0.25) is 4.79 Å². The lowest BCUT2D eigenvalue weighted by molar-refractivity contribution is -0.124. The monoisotopic (exact) mass is 292 g/mol. The van der Waals surface area contributed by atoms with Crippen LogP contribution in [0.3, 0.4) is 0 Å². The summed E-state index contributed by atoms with van der Waals surface area (Å²) >= 11 is 1.99. The number of hydrogen-bond donors (Lipinski definition) is 2. The van der Waals surface area contributed by atoms with Crippen molar-refractivity contribution >= 4 is 17.7 Å². The summed E-state index contributed by atoms with van der Waals surface area (Å²) in [5.74, 6) is 0.668. The number of primary amides is 1. The highest BCUT2D eigenvalue weighted by molar-refractivity contribution is 7.99. The first kappa shape index (κ1) is 15.4. The summed E-state index contributed by atoms with van der Waals surface area (Å²) < 4.78 is 0. The molecule has 1 unspecified atom stereocenters. The number of benzene rings is 1. The van der Waals surface area contributed by atoms with Crippen LogP contribution in [-0.4, -0.2) is 24.0 Å². The Hall–Kier alpha value is -1.00. The van der Waals surface area contributed by atoms with Gasteiger partial charge >= 0.3 is 0 Å². The Bertz CT molecular complexity index is 431. The molecule has 0 saturated heterocycles. The zero-order chi connectivity index (χ0) is 14.4. The van der Waals surface area contributed by atoms with Gasteiger partial charge in [-0.25, -0.2) is 0 Å². The van der Waals surface area contributed by atoms with E-state index >= 15 is 0 Å². The van der Waals surface area contributed by atoms with Crippen molar-refractivity contribution in [3.63, 3.8) is 0 Å². The van der Waals surface area contributed by atoms with Gasteiger partial charge in [0.25, 0.3) is 0 Å². The van der Waals surface area contributed by atoms with E-state index in [4.69, 9.17) is 5.73 Å². The van der Waals surface area contributed by atoms with E-state index in [-0.39, 0.29) is 5.91 Å². The molecule has 1 saturated carbocycles. The summed E-state index contributed by atoms with van der Waals surface area (Å²) in [6.45, 7) is 0. The highest BCUT2D eigenvalue weighted by Crippen LogP contribution is 2.33. The molecule has 1 aliphatic rings. The molecule has 1 amide bonds. The molecule has 0 heterocycles. The fourth-order valence-corrected chi connectivity index (χ4v) is 4.38. The number of thioether (sulfide) groups is 1. The zero-order valence-electron chi connectivity index (χ0n) is 12.1. The molecule has 3 N–H and O–H groups in total. The van der Waals surface area contributed by atoms with E-state index in [2.05, 4.69) is 5.32 Å². The Morgan fingerprint density at radius 3 is 2.55 bits per heavy atom. The van der Waals surface area contributed by atoms with E-state index in [9.17, 15) is 4.79 Å². The van der Waals surface area contributed by atoms with Crippen molar-refractivity contribution in [2.24, 2.45) is 5.73 Å². The minimum Gasteiger partial charge on any atom is -0.368 e.